The van der Waals surface area contributed by atoms with E-state index in [1.807, 2.05) is 24.3 Å². The van der Waals surface area contributed by atoms with Crippen LogP contribution < -0.4 is 0 Å². The molecule has 2 aliphatic rings. The molecule has 0 radical (unpaired) electrons. The van der Waals surface area contributed by atoms with Gasteiger partial charge in [0.1, 0.15) is 11.5 Å². The number of aryl methyl sites for hydroxylation is 2. The van der Waals surface area contributed by atoms with E-state index in [1.165, 1.54) is 33.4 Å². The molecular weight excluding hydrogens is 356 g/mol. The van der Waals surface area contributed by atoms with Crippen LogP contribution in [0.25, 0.3) is 22.3 Å². The molecule has 2 N–H and O–H groups in total. The van der Waals surface area contributed by atoms with E-state index < -0.39 is 5.41 Å². The van der Waals surface area contributed by atoms with Gasteiger partial charge in [0.25, 0.3) is 0 Å². The standard InChI is InChI=1S/C27H20O2/c1-15-3-7-19-20-8-4-16(2)12-24(20)27(23(19)11-15)25-13-17(28)5-9-21(25)22-10-6-18(29)14-26(22)27/h3-14,28-29H,1-2H3. The van der Waals surface area contributed by atoms with Gasteiger partial charge in [0.15, 0.2) is 0 Å². The molecule has 0 aliphatic heterocycles. The molecule has 0 unspecified atom stereocenters. The first-order valence-corrected chi connectivity index (χ1v) is 9.90. The summed E-state index contributed by atoms with van der Waals surface area (Å²) in [7, 11) is 0. The van der Waals surface area contributed by atoms with Crippen molar-refractivity contribution < 1.29 is 10.2 Å². The molecule has 0 atom stereocenters. The molecule has 2 heteroatoms. The molecule has 0 saturated heterocycles. The second-order valence-corrected chi connectivity index (χ2v) is 8.31. The Morgan fingerprint density at radius 1 is 0.483 bits per heavy atom. The number of phenols is 2. The van der Waals surface area contributed by atoms with Crippen molar-refractivity contribution >= 4 is 0 Å². The predicted octanol–water partition coefficient (Wildman–Crippen LogP) is 6.06. The minimum absolute atomic E-state index is 0.260. The van der Waals surface area contributed by atoms with Crippen LogP contribution in [0.4, 0.5) is 0 Å². The van der Waals surface area contributed by atoms with Gasteiger partial charge in [-0.1, -0.05) is 59.7 Å². The Labute approximate surface area is 169 Å². The summed E-state index contributed by atoms with van der Waals surface area (Å²) in [5.41, 5.74) is 11.1. The monoisotopic (exact) mass is 376 g/mol. The maximum absolute atomic E-state index is 10.4. The third kappa shape index (κ3) is 1.91. The maximum atomic E-state index is 10.4. The maximum Gasteiger partial charge on any atom is 0.115 e. The van der Waals surface area contributed by atoms with E-state index in [1.54, 1.807) is 12.1 Å². The Hall–Kier alpha value is -3.52. The Bertz CT molecular complexity index is 1140. The van der Waals surface area contributed by atoms with E-state index in [-0.39, 0.29) is 11.5 Å². The molecule has 4 aromatic rings. The van der Waals surface area contributed by atoms with Crippen molar-refractivity contribution in [1.82, 2.24) is 0 Å². The van der Waals surface area contributed by atoms with Crippen LogP contribution in [0.5, 0.6) is 11.5 Å². The first-order valence-electron chi connectivity index (χ1n) is 9.90. The molecule has 1 spiro atoms. The summed E-state index contributed by atoms with van der Waals surface area (Å²) in [5.74, 6) is 0.519. The van der Waals surface area contributed by atoms with E-state index in [0.29, 0.717) is 0 Å². The normalized spacial score (nSPS) is 14.4. The summed E-state index contributed by atoms with van der Waals surface area (Å²) < 4.78 is 0. The lowest BCUT2D eigenvalue weighted by atomic mass is 9.70. The Morgan fingerprint density at radius 2 is 0.828 bits per heavy atom. The molecular formula is C27H20O2. The zero-order chi connectivity index (χ0) is 19.9. The molecule has 0 bridgehead atoms. The Kier molecular flexibility index (Phi) is 3.00. The van der Waals surface area contributed by atoms with Gasteiger partial charge in [-0.2, -0.15) is 0 Å². The molecule has 0 aromatic heterocycles. The molecule has 140 valence electrons. The fourth-order valence-corrected chi connectivity index (χ4v) is 5.43. The number of aromatic hydroxyl groups is 2. The third-order valence-corrected chi connectivity index (χ3v) is 6.55. The van der Waals surface area contributed by atoms with Gasteiger partial charge in [0.2, 0.25) is 0 Å². The highest BCUT2D eigenvalue weighted by molar-refractivity contribution is 5.95. The van der Waals surface area contributed by atoms with Crippen molar-refractivity contribution in [3.63, 3.8) is 0 Å². The predicted molar refractivity (Wildman–Crippen MR) is 116 cm³/mol. The van der Waals surface area contributed by atoms with E-state index in [2.05, 4.69) is 50.2 Å². The van der Waals surface area contributed by atoms with Crippen LogP contribution in [0, 0.1) is 13.8 Å². The van der Waals surface area contributed by atoms with Crippen LogP contribution in [-0.2, 0) is 5.41 Å². The van der Waals surface area contributed by atoms with Crippen LogP contribution in [-0.4, -0.2) is 10.2 Å². The largest absolute Gasteiger partial charge is 0.508 e. The summed E-state index contributed by atoms with van der Waals surface area (Å²) in [6.45, 7) is 4.23. The number of hydrogen-bond acceptors (Lipinski definition) is 2. The molecule has 0 amide bonds. The minimum Gasteiger partial charge on any atom is -0.508 e. The molecule has 0 fully saturated rings. The lowest BCUT2D eigenvalue weighted by Gasteiger charge is -2.31. The smallest absolute Gasteiger partial charge is 0.115 e. The van der Waals surface area contributed by atoms with E-state index in [4.69, 9.17) is 0 Å². The van der Waals surface area contributed by atoms with Crippen molar-refractivity contribution in [3.8, 4) is 33.8 Å². The molecule has 0 saturated carbocycles. The third-order valence-electron chi connectivity index (χ3n) is 6.55. The van der Waals surface area contributed by atoms with E-state index >= 15 is 0 Å². The molecule has 0 heterocycles. The minimum atomic E-state index is -0.537. The average molecular weight is 376 g/mol. The van der Waals surface area contributed by atoms with Crippen molar-refractivity contribution in [3.05, 3.63) is 106 Å². The van der Waals surface area contributed by atoms with Crippen molar-refractivity contribution in [1.29, 1.82) is 0 Å². The van der Waals surface area contributed by atoms with Crippen molar-refractivity contribution in [2.75, 3.05) is 0 Å². The topological polar surface area (TPSA) is 40.5 Å². The van der Waals surface area contributed by atoms with Crippen molar-refractivity contribution in [2.45, 2.75) is 19.3 Å². The molecule has 2 nitrogen and oxygen atoms in total. The highest BCUT2D eigenvalue weighted by atomic mass is 16.3. The van der Waals surface area contributed by atoms with Crippen LogP contribution in [0.15, 0.2) is 72.8 Å². The number of phenolic OH excluding ortho intramolecular Hbond substituents is 2. The fraction of sp³-hybridized carbons (Fsp3) is 0.111. The summed E-state index contributed by atoms with van der Waals surface area (Å²) in [5, 5.41) is 20.9. The first-order chi connectivity index (χ1) is 14.0. The zero-order valence-electron chi connectivity index (χ0n) is 16.3. The number of benzene rings is 4. The van der Waals surface area contributed by atoms with Gasteiger partial charge in [0.05, 0.1) is 5.41 Å². The molecule has 4 aromatic carbocycles. The van der Waals surface area contributed by atoms with E-state index in [9.17, 15) is 10.2 Å². The van der Waals surface area contributed by atoms with Gasteiger partial charge in [0, 0.05) is 0 Å². The SMILES string of the molecule is Cc1ccc2c(c1)C1(c3cc(C)ccc3-2)c2cc(O)ccc2-c2ccc(O)cc21. The van der Waals surface area contributed by atoms with Gasteiger partial charge in [-0.25, -0.2) is 0 Å². The number of fused-ring (bicyclic) bond motifs is 10. The average Bonchev–Trinajstić information content (AvgIpc) is 3.13. The molecule has 29 heavy (non-hydrogen) atoms. The van der Waals surface area contributed by atoms with Gasteiger partial charge >= 0.3 is 0 Å². The van der Waals surface area contributed by atoms with E-state index in [0.717, 1.165) is 22.3 Å². The van der Waals surface area contributed by atoms with Gasteiger partial charge in [-0.3, -0.25) is 0 Å². The van der Waals surface area contributed by atoms with Crippen LogP contribution in [0.1, 0.15) is 33.4 Å². The second-order valence-electron chi connectivity index (χ2n) is 8.31. The first kappa shape index (κ1) is 16.4. The summed E-state index contributed by atoms with van der Waals surface area (Å²) in [4.78, 5) is 0. The summed E-state index contributed by atoms with van der Waals surface area (Å²) in [6, 6.07) is 24.5. The molecule has 6 rings (SSSR count). The van der Waals surface area contributed by atoms with Gasteiger partial charge < -0.3 is 10.2 Å². The van der Waals surface area contributed by atoms with Gasteiger partial charge in [-0.15, -0.1) is 0 Å². The number of rotatable bonds is 0. The van der Waals surface area contributed by atoms with Crippen LogP contribution >= 0.6 is 0 Å². The highest BCUT2D eigenvalue weighted by Gasteiger charge is 2.52. The summed E-state index contributed by atoms with van der Waals surface area (Å²) in [6.07, 6.45) is 0. The summed E-state index contributed by atoms with van der Waals surface area (Å²) >= 11 is 0. The van der Waals surface area contributed by atoms with Crippen LogP contribution in [0.3, 0.4) is 0 Å². The Balaban J connectivity index is 1.88. The second kappa shape index (κ2) is 5.30. The zero-order valence-corrected chi connectivity index (χ0v) is 16.3. The quantitative estimate of drug-likeness (QED) is 0.338. The van der Waals surface area contributed by atoms with Crippen LogP contribution in [0.2, 0.25) is 0 Å². The highest BCUT2D eigenvalue weighted by Crippen LogP contribution is 2.63. The van der Waals surface area contributed by atoms with Gasteiger partial charge in [-0.05, 0) is 82.6 Å². The van der Waals surface area contributed by atoms with Crippen molar-refractivity contribution in [2.24, 2.45) is 0 Å². The lowest BCUT2D eigenvalue weighted by Crippen LogP contribution is -2.26. The molecule has 2 aliphatic carbocycles. The fourth-order valence-electron chi connectivity index (χ4n) is 5.43. The lowest BCUT2D eigenvalue weighted by molar-refractivity contribution is 0.473. The Morgan fingerprint density at radius 3 is 1.24 bits per heavy atom. The number of hydrogen-bond donors (Lipinski definition) is 2.